The van der Waals surface area contributed by atoms with Gasteiger partial charge in [0, 0.05) is 12.1 Å². The third-order valence-corrected chi connectivity index (χ3v) is 2.49. The second-order valence-electron chi connectivity index (χ2n) is 4.16. The number of nitrogens with two attached hydrogens (primary N) is 1. The Morgan fingerprint density at radius 2 is 2.12 bits per heavy atom. The Labute approximate surface area is 93.5 Å². The van der Waals surface area contributed by atoms with E-state index in [9.17, 15) is 4.79 Å². The van der Waals surface area contributed by atoms with Crippen molar-refractivity contribution in [2.75, 3.05) is 18.2 Å². The van der Waals surface area contributed by atoms with E-state index in [1.54, 1.807) is 26.0 Å². The highest BCUT2D eigenvalue weighted by Crippen LogP contribution is 2.39. The SMILES string of the molecule is COc1cc2c(cc1N)OC(C)(C)C(=O)N2. The maximum Gasteiger partial charge on any atom is 0.268 e. The Kier molecular flexibility index (Phi) is 2.18. The molecule has 5 heteroatoms. The number of hydrogen-bond donors (Lipinski definition) is 2. The van der Waals surface area contributed by atoms with Gasteiger partial charge in [-0.15, -0.1) is 0 Å². The van der Waals surface area contributed by atoms with E-state index in [1.165, 1.54) is 7.11 Å². The summed E-state index contributed by atoms with van der Waals surface area (Å²) in [5, 5.41) is 2.75. The highest BCUT2D eigenvalue weighted by atomic mass is 16.5. The molecule has 1 aromatic rings. The topological polar surface area (TPSA) is 73.6 Å². The lowest BCUT2D eigenvalue weighted by Crippen LogP contribution is -2.45. The number of carbonyl (C=O) groups is 1. The van der Waals surface area contributed by atoms with Crippen LogP contribution in [0.15, 0.2) is 12.1 Å². The van der Waals surface area contributed by atoms with Crippen LogP contribution in [-0.2, 0) is 4.79 Å². The molecule has 0 aromatic heterocycles. The van der Waals surface area contributed by atoms with E-state index < -0.39 is 5.60 Å². The summed E-state index contributed by atoms with van der Waals surface area (Å²) in [4.78, 5) is 11.7. The average Bonchev–Trinajstić information content (AvgIpc) is 2.19. The first kappa shape index (κ1) is 10.6. The van der Waals surface area contributed by atoms with Crippen LogP contribution in [0.5, 0.6) is 11.5 Å². The lowest BCUT2D eigenvalue weighted by atomic mass is 10.1. The van der Waals surface area contributed by atoms with Gasteiger partial charge in [0.2, 0.25) is 0 Å². The monoisotopic (exact) mass is 222 g/mol. The van der Waals surface area contributed by atoms with Crippen LogP contribution < -0.4 is 20.5 Å². The lowest BCUT2D eigenvalue weighted by Gasteiger charge is -2.31. The van der Waals surface area contributed by atoms with E-state index >= 15 is 0 Å². The quantitative estimate of drug-likeness (QED) is 0.704. The Balaban J connectivity index is 2.48. The van der Waals surface area contributed by atoms with E-state index in [2.05, 4.69) is 5.32 Å². The highest BCUT2D eigenvalue weighted by molar-refractivity contribution is 6.00. The van der Waals surface area contributed by atoms with Crippen molar-refractivity contribution in [3.63, 3.8) is 0 Å². The van der Waals surface area contributed by atoms with Gasteiger partial charge in [-0.2, -0.15) is 0 Å². The number of hydrogen-bond acceptors (Lipinski definition) is 4. The minimum Gasteiger partial charge on any atom is -0.495 e. The molecular formula is C11H14N2O3. The number of nitrogens with one attached hydrogen (secondary N) is 1. The van der Waals surface area contributed by atoms with Gasteiger partial charge in [-0.3, -0.25) is 4.79 Å². The van der Waals surface area contributed by atoms with Crippen LogP contribution in [0.3, 0.4) is 0 Å². The predicted octanol–water partition coefficient (Wildman–Crippen LogP) is 1.39. The fourth-order valence-corrected chi connectivity index (χ4v) is 1.53. The van der Waals surface area contributed by atoms with E-state index in [0.29, 0.717) is 22.9 Å². The molecule has 86 valence electrons. The van der Waals surface area contributed by atoms with Crippen LogP contribution in [0.25, 0.3) is 0 Å². The van der Waals surface area contributed by atoms with Crippen molar-refractivity contribution in [3.8, 4) is 11.5 Å². The smallest absolute Gasteiger partial charge is 0.268 e. The van der Waals surface area contributed by atoms with Crippen molar-refractivity contribution in [1.29, 1.82) is 0 Å². The van der Waals surface area contributed by atoms with E-state index in [4.69, 9.17) is 15.2 Å². The van der Waals surface area contributed by atoms with Gasteiger partial charge in [-0.05, 0) is 13.8 Å². The summed E-state index contributed by atoms with van der Waals surface area (Å²) in [6.07, 6.45) is 0. The summed E-state index contributed by atoms with van der Waals surface area (Å²) >= 11 is 0. The van der Waals surface area contributed by atoms with E-state index in [1.807, 2.05) is 0 Å². The molecule has 1 aliphatic heterocycles. The molecule has 0 saturated carbocycles. The molecule has 0 fully saturated rings. The van der Waals surface area contributed by atoms with Crippen molar-refractivity contribution >= 4 is 17.3 Å². The fourth-order valence-electron chi connectivity index (χ4n) is 1.53. The zero-order valence-corrected chi connectivity index (χ0v) is 9.46. The zero-order chi connectivity index (χ0) is 11.9. The first-order valence-corrected chi connectivity index (χ1v) is 4.92. The Bertz CT molecular complexity index is 455. The van der Waals surface area contributed by atoms with Crippen LogP contribution in [-0.4, -0.2) is 18.6 Å². The van der Waals surface area contributed by atoms with Gasteiger partial charge >= 0.3 is 0 Å². The van der Waals surface area contributed by atoms with Crippen LogP contribution in [0.2, 0.25) is 0 Å². The third-order valence-electron chi connectivity index (χ3n) is 2.49. The maximum atomic E-state index is 11.7. The summed E-state index contributed by atoms with van der Waals surface area (Å²) in [5.74, 6) is 0.886. The Morgan fingerprint density at radius 3 is 2.75 bits per heavy atom. The van der Waals surface area contributed by atoms with Crippen molar-refractivity contribution in [1.82, 2.24) is 0 Å². The molecule has 16 heavy (non-hydrogen) atoms. The van der Waals surface area contributed by atoms with Crippen molar-refractivity contribution in [3.05, 3.63) is 12.1 Å². The molecule has 0 unspecified atom stereocenters. The van der Waals surface area contributed by atoms with Gasteiger partial charge in [-0.25, -0.2) is 0 Å². The number of nitrogen functional groups attached to an aromatic ring is 1. The van der Waals surface area contributed by atoms with Gasteiger partial charge < -0.3 is 20.5 Å². The molecule has 0 saturated heterocycles. The molecule has 0 spiro atoms. The molecule has 0 radical (unpaired) electrons. The lowest BCUT2D eigenvalue weighted by molar-refractivity contribution is -0.129. The number of rotatable bonds is 1. The van der Waals surface area contributed by atoms with Crippen LogP contribution in [0, 0.1) is 0 Å². The average molecular weight is 222 g/mol. The second kappa shape index (κ2) is 3.30. The second-order valence-corrected chi connectivity index (χ2v) is 4.16. The molecule has 1 heterocycles. The minimum absolute atomic E-state index is 0.188. The first-order valence-electron chi connectivity index (χ1n) is 4.92. The van der Waals surface area contributed by atoms with Gasteiger partial charge in [0.15, 0.2) is 5.60 Å². The van der Waals surface area contributed by atoms with Gasteiger partial charge in [-0.1, -0.05) is 0 Å². The Hall–Kier alpha value is -1.91. The largest absolute Gasteiger partial charge is 0.495 e. The van der Waals surface area contributed by atoms with Crippen LogP contribution in [0.1, 0.15) is 13.8 Å². The number of fused-ring (bicyclic) bond motifs is 1. The van der Waals surface area contributed by atoms with Gasteiger partial charge in [0.1, 0.15) is 11.5 Å². The predicted molar refractivity (Wildman–Crippen MR) is 60.7 cm³/mol. The molecule has 0 bridgehead atoms. The molecule has 3 N–H and O–H groups in total. The van der Waals surface area contributed by atoms with Crippen molar-refractivity contribution in [2.24, 2.45) is 0 Å². The van der Waals surface area contributed by atoms with Gasteiger partial charge in [0.05, 0.1) is 18.5 Å². The molecule has 2 rings (SSSR count). The third kappa shape index (κ3) is 1.54. The number of methoxy groups -OCH3 is 1. The molecular weight excluding hydrogens is 208 g/mol. The molecule has 1 amide bonds. The van der Waals surface area contributed by atoms with Crippen molar-refractivity contribution < 1.29 is 14.3 Å². The maximum absolute atomic E-state index is 11.7. The summed E-state index contributed by atoms with van der Waals surface area (Å²) in [6.45, 7) is 3.40. The number of ether oxygens (including phenoxy) is 2. The summed E-state index contributed by atoms with van der Waals surface area (Å²) in [7, 11) is 1.52. The number of anilines is 2. The van der Waals surface area contributed by atoms with E-state index in [-0.39, 0.29) is 5.91 Å². The molecule has 5 nitrogen and oxygen atoms in total. The minimum atomic E-state index is -0.881. The summed E-state index contributed by atoms with van der Waals surface area (Å²) in [5.41, 5.74) is 5.94. The van der Waals surface area contributed by atoms with Crippen molar-refractivity contribution in [2.45, 2.75) is 19.4 Å². The van der Waals surface area contributed by atoms with Crippen LogP contribution in [0.4, 0.5) is 11.4 Å². The highest BCUT2D eigenvalue weighted by Gasteiger charge is 2.35. The summed E-state index contributed by atoms with van der Waals surface area (Å²) < 4.78 is 10.6. The molecule has 1 aromatic carbocycles. The molecule has 0 atom stereocenters. The first-order chi connectivity index (χ1) is 7.44. The fraction of sp³-hybridized carbons (Fsp3) is 0.364. The summed E-state index contributed by atoms with van der Waals surface area (Å²) in [6, 6.07) is 3.30. The zero-order valence-electron chi connectivity index (χ0n) is 9.46. The molecule has 0 aliphatic carbocycles. The Morgan fingerprint density at radius 1 is 1.44 bits per heavy atom. The number of carbonyl (C=O) groups excluding carboxylic acids is 1. The van der Waals surface area contributed by atoms with Gasteiger partial charge in [0.25, 0.3) is 5.91 Å². The standard InChI is InChI=1S/C11H14N2O3/c1-11(2)10(14)13-7-5-8(15-3)6(12)4-9(7)16-11/h4-5H,12H2,1-3H3,(H,13,14). The number of amides is 1. The van der Waals surface area contributed by atoms with Crippen LogP contribution >= 0.6 is 0 Å². The normalized spacial score (nSPS) is 17.1. The molecule has 1 aliphatic rings. The number of benzene rings is 1. The van der Waals surface area contributed by atoms with E-state index in [0.717, 1.165) is 0 Å².